The Labute approximate surface area is 219 Å². The normalized spacial score (nSPS) is 28.4. The molecule has 37 heavy (non-hydrogen) atoms. The zero-order chi connectivity index (χ0) is 25.3. The van der Waals surface area contributed by atoms with Gasteiger partial charge in [0.1, 0.15) is 12.4 Å². The maximum absolute atomic E-state index is 6.12. The minimum absolute atomic E-state index is 0.0240. The van der Waals surface area contributed by atoms with Crippen LogP contribution in [0.4, 0.5) is 5.82 Å². The Morgan fingerprint density at radius 1 is 1.11 bits per heavy atom. The minimum atomic E-state index is -0.0240. The van der Waals surface area contributed by atoms with E-state index in [-0.39, 0.29) is 5.60 Å². The molecule has 2 aromatic rings. The summed E-state index contributed by atoms with van der Waals surface area (Å²) in [4.78, 5) is 7.37. The van der Waals surface area contributed by atoms with Crippen molar-refractivity contribution in [3.63, 3.8) is 0 Å². The van der Waals surface area contributed by atoms with Gasteiger partial charge in [-0.1, -0.05) is 6.92 Å². The molecule has 1 N–H and O–H groups in total. The van der Waals surface area contributed by atoms with Crippen LogP contribution in [0.2, 0.25) is 0 Å². The highest BCUT2D eigenvalue weighted by Gasteiger charge is 2.40. The van der Waals surface area contributed by atoms with Crippen molar-refractivity contribution < 1.29 is 14.2 Å². The second-order valence-corrected chi connectivity index (χ2v) is 11.9. The zero-order valence-electron chi connectivity index (χ0n) is 22.3. The molecule has 2 aliphatic heterocycles. The van der Waals surface area contributed by atoms with E-state index in [1.807, 2.05) is 4.68 Å². The largest absolute Gasteiger partial charge is 0.377 e. The van der Waals surface area contributed by atoms with Crippen molar-refractivity contribution in [1.82, 2.24) is 29.9 Å². The van der Waals surface area contributed by atoms with Crippen LogP contribution < -0.4 is 5.32 Å². The second kappa shape index (κ2) is 10.6. The van der Waals surface area contributed by atoms with E-state index in [4.69, 9.17) is 19.2 Å². The van der Waals surface area contributed by atoms with E-state index < -0.39 is 0 Å². The number of ether oxygens (including phenoxy) is 3. The van der Waals surface area contributed by atoms with Gasteiger partial charge in [0.2, 0.25) is 0 Å². The molecule has 0 unspecified atom stereocenters. The Morgan fingerprint density at radius 3 is 2.62 bits per heavy atom. The van der Waals surface area contributed by atoms with Crippen LogP contribution in [0.3, 0.4) is 0 Å². The third-order valence-corrected chi connectivity index (χ3v) is 8.69. The van der Waals surface area contributed by atoms with Crippen molar-refractivity contribution in [2.45, 2.75) is 82.5 Å². The monoisotopic (exact) mass is 511 g/mol. The van der Waals surface area contributed by atoms with Gasteiger partial charge in [-0.2, -0.15) is 5.10 Å². The van der Waals surface area contributed by atoms with Crippen LogP contribution in [-0.4, -0.2) is 88.1 Å². The first-order valence-electron chi connectivity index (χ1n) is 14.0. The first-order chi connectivity index (χ1) is 18.0. The summed E-state index contributed by atoms with van der Waals surface area (Å²) in [5, 5.41) is 17.0. The van der Waals surface area contributed by atoms with E-state index >= 15 is 0 Å². The van der Waals surface area contributed by atoms with Gasteiger partial charge >= 0.3 is 0 Å². The standard InChI is InChI=1S/C27H41N7O3/c1-26(18-33-11-9-27(10-12-33)19-36-13-14-37-27)7-5-21(6-8-26)29-23-15-22(16-28-31-23)34-25(20-3-4-20)30-24(32-34)17-35-2/h15-16,20-21H,3-14,17-19H2,1-2H3,(H,29,31). The van der Waals surface area contributed by atoms with E-state index in [2.05, 4.69) is 38.5 Å². The topological polar surface area (TPSA) is 99.5 Å². The molecular formula is C27H41N7O3. The Balaban J connectivity index is 1.03. The molecule has 0 amide bonds. The first kappa shape index (κ1) is 25.2. The maximum Gasteiger partial charge on any atom is 0.176 e. The van der Waals surface area contributed by atoms with Crippen molar-refractivity contribution in [3.05, 3.63) is 23.9 Å². The molecule has 10 nitrogen and oxygen atoms in total. The highest BCUT2D eigenvalue weighted by molar-refractivity contribution is 5.44. The van der Waals surface area contributed by atoms with E-state index in [9.17, 15) is 0 Å². The number of aromatic nitrogens is 5. The summed E-state index contributed by atoms with van der Waals surface area (Å²) >= 11 is 0. The Bertz CT molecular complexity index is 1050. The Morgan fingerprint density at radius 2 is 1.92 bits per heavy atom. The van der Waals surface area contributed by atoms with Crippen LogP contribution >= 0.6 is 0 Å². The molecule has 2 saturated heterocycles. The lowest BCUT2D eigenvalue weighted by Gasteiger charge is -2.47. The van der Waals surface area contributed by atoms with Gasteiger partial charge in [-0.05, 0) is 56.8 Å². The fourth-order valence-corrected chi connectivity index (χ4v) is 6.29. The summed E-state index contributed by atoms with van der Waals surface area (Å²) in [5.41, 5.74) is 1.24. The summed E-state index contributed by atoms with van der Waals surface area (Å²) in [7, 11) is 1.67. The van der Waals surface area contributed by atoms with Gasteiger partial charge in [0.05, 0.1) is 37.3 Å². The van der Waals surface area contributed by atoms with Crippen molar-refractivity contribution in [3.8, 4) is 5.69 Å². The van der Waals surface area contributed by atoms with E-state index in [0.29, 0.717) is 29.8 Å². The SMILES string of the molecule is COCc1nc(C2CC2)n(-c2cnnc(NC3CCC(C)(CN4CCC5(CC4)COCCO5)CC3)c2)n1. The van der Waals surface area contributed by atoms with Crippen molar-refractivity contribution >= 4 is 5.82 Å². The molecule has 6 rings (SSSR count). The highest BCUT2D eigenvalue weighted by Crippen LogP contribution is 2.41. The summed E-state index contributed by atoms with van der Waals surface area (Å²) < 4.78 is 19.0. The third kappa shape index (κ3) is 5.82. The molecule has 2 saturated carbocycles. The number of piperidine rings is 1. The molecule has 0 atom stereocenters. The van der Waals surface area contributed by atoms with E-state index in [1.165, 1.54) is 19.4 Å². The van der Waals surface area contributed by atoms with Crippen molar-refractivity contribution in [2.75, 3.05) is 51.9 Å². The number of anilines is 1. The summed E-state index contributed by atoms with van der Waals surface area (Å²) in [6.07, 6.45) is 11.0. The van der Waals surface area contributed by atoms with Crippen LogP contribution in [0, 0.1) is 5.41 Å². The van der Waals surface area contributed by atoms with Crippen LogP contribution in [0.1, 0.15) is 75.9 Å². The van der Waals surface area contributed by atoms with Gasteiger partial charge < -0.3 is 24.4 Å². The van der Waals surface area contributed by atoms with Crippen molar-refractivity contribution in [1.29, 1.82) is 0 Å². The number of rotatable bonds is 8. The molecule has 202 valence electrons. The summed E-state index contributed by atoms with van der Waals surface area (Å²) in [6.45, 7) is 8.53. The fraction of sp³-hybridized carbons (Fsp3) is 0.778. The fourth-order valence-electron chi connectivity index (χ4n) is 6.29. The molecule has 4 heterocycles. The highest BCUT2D eigenvalue weighted by atomic mass is 16.6. The molecular weight excluding hydrogens is 470 g/mol. The summed E-state index contributed by atoms with van der Waals surface area (Å²) in [5.74, 6) is 3.01. The summed E-state index contributed by atoms with van der Waals surface area (Å²) in [6, 6.07) is 2.47. The number of nitrogens with zero attached hydrogens (tertiary/aromatic N) is 6. The van der Waals surface area contributed by atoms with Crippen LogP contribution in [0.15, 0.2) is 12.3 Å². The minimum Gasteiger partial charge on any atom is -0.377 e. The third-order valence-electron chi connectivity index (χ3n) is 8.69. The number of methoxy groups -OCH3 is 1. The molecule has 4 aliphatic rings. The van der Waals surface area contributed by atoms with Crippen molar-refractivity contribution in [2.24, 2.45) is 5.41 Å². The maximum atomic E-state index is 6.12. The smallest absolute Gasteiger partial charge is 0.176 e. The average molecular weight is 512 g/mol. The molecule has 0 bridgehead atoms. The van der Waals surface area contributed by atoms with Gasteiger partial charge in [-0.15, -0.1) is 10.2 Å². The zero-order valence-corrected chi connectivity index (χ0v) is 22.3. The molecule has 1 spiro atoms. The Kier molecular flexibility index (Phi) is 7.17. The van der Waals surface area contributed by atoms with Gasteiger partial charge in [0.15, 0.2) is 11.6 Å². The molecule has 2 aliphatic carbocycles. The molecule has 4 fully saturated rings. The number of likely N-dealkylation sites (tertiary alicyclic amines) is 1. The molecule has 10 heteroatoms. The van der Waals surface area contributed by atoms with E-state index in [0.717, 1.165) is 88.8 Å². The quantitative estimate of drug-likeness (QED) is 0.572. The van der Waals surface area contributed by atoms with Gasteiger partial charge in [-0.25, -0.2) is 9.67 Å². The molecule has 2 aromatic heterocycles. The van der Waals surface area contributed by atoms with Crippen LogP contribution in [-0.2, 0) is 20.8 Å². The predicted molar refractivity (Wildman–Crippen MR) is 139 cm³/mol. The number of hydrogen-bond donors (Lipinski definition) is 1. The lowest BCUT2D eigenvalue weighted by atomic mass is 9.73. The molecule has 0 aromatic carbocycles. The molecule has 0 radical (unpaired) electrons. The number of nitrogens with one attached hydrogen (secondary N) is 1. The predicted octanol–water partition coefficient (Wildman–Crippen LogP) is 3.32. The Hall–Kier alpha value is -2.14. The van der Waals surface area contributed by atoms with E-state index in [1.54, 1.807) is 13.3 Å². The number of hydrogen-bond acceptors (Lipinski definition) is 9. The lowest BCUT2D eigenvalue weighted by Crippen LogP contribution is -2.53. The average Bonchev–Trinajstić information content (AvgIpc) is 3.68. The second-order valence-electron chi connectivity index (χ2n) is 11.9. The first-order valence-corrected chi connectivity index (χ1v) is 14.0. The van der Waals surface area contributed by atoms with Crippen LogP contribution in [0.25, 0.3) is 5.69 Å². The van der Waals surface area contributed by atoms with Gasteiger partial charge in [0.25, 0.3) is 0 Å². The van der Waals surface area contributed by atoms with Crippen LogP contribution in [0.5, 0.6) is 0 Å². The lowest BCUT2D eigenvalue weighted by molar-refractivity contribution is -0.178. The van der Waals surface area contributed by atoms with Gasteiger partial charge in [-0.3, -0.25) is 0 Å². The van der Waals surface area contributed by atoms with Gasteiger partial charge in [0, 0.05) is 44.8 Å².